The third kappa shape index (κ3) is 3.93. The maximum atomic E-state index is 4.70. The monoisotopic (exact) mass is 261 g/mol. The Hall–Kier alpha value is -1.09. The molecule has 1 heterocycles. The van der Waals surface area contributed by atoms with E-state index in [9.17, 15) is 0 Å². The van der Waals surface area contributed by atoms with Crippen LogP contribution in [-0.4, -0.2) is 24.6 Å². The molecule has 106 valence electrons. The van der Waals surface area contributed by atoms with Gasteiger partial charge in [-0.3, -0.25) is 0 Å². The van der Waals surface area contributed by atoms with Gasteiger partial charge in [0.05, 0.1) is 0 Å². The van der Waals surface area contributed by atoms with Crippen LogP contribution in [0.25, 0.3) is 0 Å². The van der Waals surface area contributed by atoms with Gasteiger partial charge in [0.15, 0.2) is 0 Å². The van der Waals surface area contributed by atoms with Crippen LogP contribution >= 0.6 is 0 Å². The molecule has 2 rings (SSSR count). The van der Waals surface area contributed by atoms with Gasteiger partial charge in [-0.2, -0.15) is 0 Å². The van der Waals surface area contributed by atoms with E-state index >= 15 is 0 Å². The molecule has 0 bridgehead atoms. The molecule has 0 atom stereocenters. The number of aryl methyl sites for hydroxylation is 1. The lowest BCUT2D eigenvalue weighted by atomic mass is 10.2. The second-order valence-electron chi connectivity index (χ2n) is 5.70. The molecule has 1 aliphatic carbocycles. The van der Waals surface area contributed by atoms with Crippen molar-refractivity contribution in [3.63, 3.8) is 0 Å². The standard InChI is InChI=1S/C16H27N3/c1-4-9-17-12-14-10-13(2)18-16(11-14)19(3)15-7-5-6-8-15/h10-11,15,17H,4-9,12H2,1-3H3. The van der Waals surface area contributed by atoms with Crippen LogP contribution in [0.1, 0.15) is 50.3 Å². The van der Waals surface area contributed by atoms with E-state index in [0.717, 1.165) is 24.6 Å². The molecular formula is C16H27N3. The maximum absolute atomic E-state index is 4.70. The van der Waals surface area contributed by atoms with Gasteiger partial charge < -0.3 is 10.2 Å². The van der Waals surface area contributed by atoms with Crippen LogP contribution in [-0.2, 0) is 6.54 Å². The van der Waals surface area contributed by atoms with Crippen LogP contribution in [0.5, 0.6) is 0 Å². The van der Waals surface area contributed by atoms with Gasteiger partial charge in [-0.05, 0) is 50.4 Å². The predicted octanol–water partition coefficient (Wildman–Crippen LogP) is 3.27. The smallest absolute Gasteiger partial charge is 0.129 e. The number of hydrogen-bond donors (Lipinski definition) is 1. The second-order valence-corrected chi connectivity index (χ2v) is 5.70. The fraction of sp³-hybridized carbons (Fsp3) is 0.688. The average Bonchev–Trinajstić information content (AvgIpc) is 2.91. The fourth-order valence-electron chi connectivity index (χ4n) is 2.89. The first-order valence-electron chi connectivity index (χ1n) is 7.62. The van der Waals surface area contributed by atoms with Gasteiger partial charge in [-0.1, -0.05) is 19.8 Å². The van der Waals surface area contributed by atoms with Crippen LogP contribution in [0.3, 0.4) is 0 Å². The average molecular weight is 261 g/mol. The summed E-state index contributed by atoms with van der Waals surface area (Å²) in [4.78, 5) is 7.08. The van der Waals surface area contributed by atoms with Crippen molar-refractivity contribution < 1.29 is 0 Å². The lowest BCUT2D eigenvalue weighted by Gasteiger charge is -2.26. The zero-order chi connectivity index (χ0) is 13.7. The van der Waals surface area contributed by atoms with E-state index in [1.165, 1.54) is 37.7 Å². The van der Waals surface area contributed by atoms with Gasteiger partial charge in [0.25, 0.3) is 0 Å². The normalized spacial score (nSPS) is 15.9. The highest BCUT2D eigenvalue weighted by atomic mass is 15.2. The highest BCUT2D eigenvalue weighted by molar-refractivity contribution is 5.43. The van der Waals surface area contributed by atoms with Crippen molar-refractivity contribution in [3.05, 3.63) is 23.4 Å². The van der Waals surface area contributed by atoms with E-state index in [-0.39, 0.29) is 0 Å². The Kier molecular flexibility index (Phi) is 5.20. The van der Waals surface area contributed by atoms with Gasteiger partial charge in [-0.25, -0.2) is 4.98 Å². The second kappa shape index (κ2) is 6.90. The van der Waals surface area contributed by atoms with E-state index in [4.69, 9.17) is 4.98 Å². The van der Waals surface area contributed by atoms with Crippen molar-refractivity contribution >= 4 is 5.82 Å². The number of rotatable bonds is 6. The predicted molar refractivity (Wildman–Crippen MR) is 81.6 cm³/mol. The van der Waals surface area contributed by atoms with E-state index < -0.39 is 0 Å². The van der Waals surface area contributed by atoms with Crippen molar-refractivity contribution in [3.8, 4) is 0 Å². The van der Waals surface area contributed by atoms with Gasteiger partial charge in [0, 0.05) is 25.3 Å². The zero-order valence-electron chi connectivity index (χ0n) is 12.6. The summed E-state index contributed by atoms with van der Waals surface area (Å²) in [5.74, 6) is 1.14. The van der Waals surface area contributed by atoms with Crippen molar-refractivity contribution in [2.24, 2.45) is 0 Å². The Labute approximate surface area is 117 Å². The fourth-order valence-corrected chi connectivity index (χ4v) is 2.89. The van der Waals surface area contributed by atoms with Gasteiger partial charge in [-0.15, -0.1) is 0 Å². The highest BCUT2D eigenvalue weighted by Gasteiger charge is 2.20. The summed E-state index contributed by atoms with van der Waals surface area (Å²) in [6.45, 7) is 6.32. The van der Waals surface area contributed by atoms with Crippen molar-refractivity contribution in [1.29, 1.82) is 0 Å². The third-order valence-corrected chi connectivity index (χ3v) is 3.99. The quantitative estimate of drug-likeness (QED) is 0.797. The molecule has 1 aliphatic rings. The summed E-state index contributed by atoms with van der Waals surface area (Å²) in [6.07, 6.45) is 6.54. The molecular weight excluding hydrogens is 234 g/mol. The van der Waals surface area contributed by atoms with E-state index in [1.807, 2.05) is 0 Å². The summed E-state index contributed by atoms with van der Waals surface area (Å²) in [5, 5.41) is 3.47. The molecule has 0 amide bonds. The van der Waals surface area contributed by atoms with Crippen LogP contribution in [0.2, 0.25) is 0 Å². The van der Waals surface area contributed by atoms with Crippen LogP contribution in [0.4, 0.5) is 5.82 Å². The number of nitrogens with one attached hydrogen (secondary N) is 1. The molecule has 0 aliphatic heterocycles. The summed E-state index contributed by atoms with van der Waals surface area (Å²) in [6, 6.07) is 5.12. The van der Waals surface area contributed by atoms with Crippen LogP contribution < -0.4 is 10.2 Å². The number of anilines is 1. The molecule has 1 N–H and O–H groups in total. The molecule has 0 saturated heterocycles. The summed E-state index contributed by atoms with van der Waals surface area (Å²) in [5.41, 5.74) is 2.47. The summed E-state index contributed by atoms with van der Waals surface area (Å²) < 4.78 is 0. The van der Waals surface area contributed by atoms with Crippen molar-refractivity contribution in [2.75, 3.05) is 18.5 Å². The molecule has 0 aromatic carbocycles. The van der Waals surface area contributed by atoms with Crippen molar-refractivity contribution in [2.45, 2.75) is 58.5 Å². The van der Waals surface area contributed by atoms with Gasteiger partial charge in [0.2, 0.25) is 0 Å². The number of aromatic nitrogens is 1. The Bertz CT molecular complexity index is 397. The maximum Gasteiger partial charge on any atom is 0.129 e. The number of hydrogen-bond acceptors (Lipinski definition) is 3. The molecule has 3 nitrogen and oxygen atoms in total. The summed E-state index contributed by atoms with van der Waals surface area (Å²) in [7, 11) is 2.20. The Morgan fingerprint density at radius 3 is 2.74 bits per heavy atom. The van der Waals surface area contributed by atoms with Crippen LogP contribution in [0, 0.1) is 6.92 Å². The minimum Gasteiger partial charge on any atom is -0.357 e. The highest BCUT2D eigenvalue weighted by Crippen LogP contribution is 2.26. The molecule has 1 fully saturated rings. The van der Waals surface area contributed by atoms with E-state index in [1.54, 1.807) is 0 Å². The largest absolute Gasteiger partial charge is 0.357 e. The number of pyridine rings is 1. The molecule has 3 heteroatoms. The minimum absolute atomic E-state index is 0.686. The first-order chi connectivity index (χ1) is 9.20. The first kappa shape index (κ1) is 14.3. The topological polar surface area (TPSA) is 28.2 Å². The molecule has 1 aromatic heterocycles. The third-order valence-electron chi connectivity index (χ3n) is 3.99. The van der Waals surface area contributed by atoms with Gasteiger partial charge in [0.1, 0.15) is 5.82 Å². The molecule has 0 radical (unpaired) electrons. The Balaban J connectivity index is 2.06. The molecule has 0 spiro atoms. The SMILES string of the molecule is CCCNCc1cc(C)nc(N(C)C2CCCC2)c1. The van der Waals surface area contributed by atoms with E-state index in [0.29, 0.717) is 6.04 Å². The van der Waals surface area contributed by atoms with Gasteiger partial charge >= 0.3 is 0 Å². The number of nitrogens with zero attached hydrogens (tertiary/aromatic N) is 2. The van der Waals surface area contributed by atoms with Crippen LogP contribution in [0.15, 0.2) is 12.1 Å². The van der Waals surface area contributed by atoms with Crippen molar-refractivity contribution in [1.82, 2.24) is 10.3 Å². The Morgan fingerprint density at radius 1 is 1.32 bits per heavy atom. The lowest BCUT2D eigenvalue weighted by Crippen LogP contribution is -2.30. The summed E-state index contributed by atoms with van der Waals surface area (Å²) >= 11 is 0. The first-order valence-corrected chi connectivity index (χ1v) is 7.62. The molecule has 0 unspecified atom stereocenters. The van der Waals surface area contributed by atoms with E-state index in [2.05, 4.69) is 43.2 Å². The molecule has 1 saturated carbocycles. The molecule has 19 heavy (non-hydrogen) atoms. The Morgan fingerprint density at radius 2 is 2.05 bits per heavy atom. The zero-order valence-corrected chi connectivity index (χ0v) is 12.6. The minimum atomic E-state index is 0.686. The lowest BCUT2D eigenvalue weighted by molar-refractivity contribution is 0.642. The molecule has 1 aromatic rings.